The summed E-state index contributed by atoms with van der Waals surface area (Å²) in [7, 11) is 2.32. The minimum Gasteiger partial charge on any atom is -0.310 e. The van der Waals surface area contributed by atoms with Gasteiger partial charge in [-0.15, -0.1) is 0 Å². The number of nitrogens with zero attached hydrogens (tertiary/aromatic N) is 2. The van der Waals surface area contributed by atoms with Crippen LogP contribution in [0.3, 0.4) is 0 Å². The van der Waals surface area contributed by atoms with Crippen LogP contribution in [0.15, 0.2) is 0 Å². The van der Waals surface area contributed by atoms with Crippen molar-refractivity contribution in [2.24, 2.45) is 0 Å². The quantitative estimate of drug-likeness (QED) is 0.803. The molecule has 0 aromatic heterocycles. The van der Waals surface area contributed by atoms with Gasteiger partial charge < -0.3 is 15.1 Å². The zero-order chi connectivity index (χ0) is 12.3. The van der Waals surface area contributed by atoms with E-state index < -0.39 is 0 Å². The van der Waals surface area contributed by atoms with Gasteiger partial charge in [0.1, 0.15) is 0 Å². The number of hydrogen-bond acceptors (Lipinski definition) is 3. The minimum absolute atomic E-state index is 0.372. The molecule has 3 heteroatoms. The fourth-order valence-electron chi connectivity index (χ4n) is 3.45. The normalized spacial score (nSPS) is 32.5. The van der Waals surface area contributed by atoms with Crippen LogP contribution < -0.4 is 5.32 Å². The Morgan fingerprint density at radius 3 is 2.59 bits per heavy atom. The van der Waals surface area contributed by atoms with Gasteiger partial charge in [-0.25, -0.2) is 0 Å². The van der Waals surface area contributed by atoms with Gasteiger partial charge in [0, 0.05) is 18.1 Å². The van der Waals surface area contributed by atoms with Crippen LogP contribution in [0.5, 0.6) is 0 Å². The molecule has 100 valence electrons. The van der Waals surface area contributed by atoms with Crippen LogP contribution in [-0.2, 0) is 0 Å². The Bertz CT molecular complexity index is 228. The molecule has 0 aromatic rings. The summed E-state index contributed by atoms with van der Waals surface area (Å²) in [6.45, 7) is 10.9. The molecule has 2 rings (SSSR count). The van der Waals surface area contributed by atoms with Gasteiger partial charge in [-0.05, 0) is 65.8 Å². The van der Waals surface area contributed by atoms with Crippen LogP contribution >= 0.6 is 0 Å². The van der Waals surface area contributed by atoms with Crippen molar-refractivity contribution in [3.63, 3.8) is 0 Å². The van der Waals surface area contributed by atoms with Crippen molar-refractivity contribution in [2.75, 3.05) is 39.8 Å². The highest BCUT2D eigenvalue weighted by atomic mass is 15.2. The SMILES string of the molecule is CCN1CCC(N(C)CC2(C)CCCN2)CC1. The molecule has 0 aliphatic carbocycles. The van der Waals surface area contributed by atoms with E-state index in [1.165, 1.54) is 58.4 Å². The largest absolute Gasteiger partial charge is 0.310 e. The van der Waals surface area contributed by atoms with E-state index in [-0.39, 0.29) is 0 Å². The van der Waals surface area contributed by atoms with Gasteiger partial charge in [-0.3, -0.25) is 0 Å². The second-order valence-electron chi connectivity index (χ2n) is 6.17. The van der Waals surface area contributed by atoms with E-state index in [0.717, 1.165) is 6.04 Å². The maximum absolute atomic E-state index is 3.67. The molecule has 1 unspecified atom stereocenters. The predicted octanol–water partition coefficient (Wildman–Crippen LogP) is 1.54. The molecule has 17 heavy (non-hydrogen) atoms. The highest BCUT2D eigenvalue weighted by Gasteiger charge is 2.32. The molecule has 1 N–H and O–H groups in total. The van der Waals surface area contributed by atoms with Crippen molar-refractivity contribution in [1.82, 2.24) is 15.1 Å². The second-order valence-corrected chi connectivity index (χ2v) is 6.17. The average molecular weight is 239 g/mol. The van der Waals surface area contributed by atoms with Crippen LogP contribution in [0.25, 0.3) is 0 Å². The van der Waals surface area contributed by atoms with Gasteiger partial charge in [-0.1, -0.05) is 6.92 Å². The van der Waals surface area contributed by atoms with Crippen molar-refractivity contribution in [2.45, 2.75) is 51.1 Å². The van der Waals surface area contributed by atoms with Crippen LogP contribution in [0.1, 0.15) is 39.5 Å². The summed E-state index contributed by atoms with van der Waals surface area (Å²) in [5.74, 6) is 0. The van der Waals surface area contributed by atoms with E-state index in [2.05, 4.69) is 36.0 Å². The number of likely N-dealkylation sites (tertiary alicyclic amines) is 1. The standard InChI is InChI=1S/C14H29N3/c1-4-17-10-6-13(7-11-17)16(3)12-14(2)8-5-9-15-14/h13,15H,4-12H2,1-3H3. The Morgan fingerprint density at radius 2 is 2.06 bits per heavy atom. The van der Waals surface area contributed by atoms with Crippen molar-refractivity contribution >= 4 is 0 Å². The third-order valence-corrected chi connectivity index (χ3v) is 4.68. The topological polar surface area (TPSA) is 18.5 Å². The summed E-state index contributed by atoms with van der Waals surface area (Å²) >= 11 is 0. The molecule has 0 aromatic carbocycles. The Morgan fingerprint density at radius 1 is 1.35 bits per heavy atom. The minimum atomic E-state index is 0.372. The first kappa shape index (κ1) is 13.3. The van der Waals surface area contributed by atoms with E-state index in [1.54, 1.807) is 0 Å². The lowest BCUT2D eigenvalue weighted by atomic mass is 9.96. The van der Waals surface area contributed by atoms with Gasteiger partial charge in [-0.2, -0.15) is 0 Å². The zero-order valence-corrected chi connectivity index (χ0v) is 11.8. The summed E-state index contributed by atoms with van der Waals surface area (Å²) in [6.07, 6.45) is 5.38. The van der Waals surface area contributed by atoms with Gasteiger partial charge in [0.05, 0.1) is 0 Å². The first-order valence-electron chi connectivity index (χ1n) is 7.30. The Kier molecular flexibility index (Phi) is 4.45. The maximum atomic E-state index is 3.67. The van der Waals surface area contributed by atoms with Crippen molar-refractivity contribution in [1.29, 1.82) is 0 Å². The lowest BCUT2D eigenvalue weighted by Crippen LogP contribution is -2.51. The van der Waals surface area contributed by atoms with Crippen molar-refractivity contribution in [3.8, 4) is 0 Å². The zero-order valence-electron chi connectivity index (χ0n) is 11.8. The number of likely N-dealkylation sites (N-methyl/N-ethyl adjacent to an activating group) is 1. The molecule has 0 amide bonds. The summed E-state index contributed by atoms with van der Waals surface area (Å²) < 4.78 is 0. The summed E-state index contributed by atoms with van der Waals surface area (Å²) in [5.41, 5.74) is 0.372. The van der Waals surface area contributed by atoms with E-state index in [1.807, 2.05) is 0 Å². The fraction of sp³-hybridized carbons (Fsp3) is 1.00. The second kappa shape index (κ2) is 5.68. The van der Waals surface area contributed by atoms with Gasteiger partial charge in [0.2, 0.25) is 0 Å². The Balaban J connectivity index is 1.78. The summed E-state index contributed by atoms with van der Waals surface area (Å²) in [6, 6.07) is 0.803. The number of rotatable bonds is 4. The average Bonchev–Trinajstić information content (AvgIpc) is 2.76. The molecule has 0 radical (unpaired) electrons. The highest BCUT2D eigenvalue weighted by molar-refractivity contribution is 4.92. The molecule has 1 atom stereocenters. The highest BCUT2D eigenvalue weighted by Crippen LogP contribution is 2.22. The maximum Gasteiger partial charge on any atom is 0.0280 e. The predicted molar refractivity (Wildman–Crippen MR) is 73.4 cm³/mol. The smallest absolute Gasteiger partial charge is 0.0280 e. The van der Waals surface area contributed by atoms with Gasteiger partial charge in [0.15, 0.2) is 0 Å². The van der Waals surface area contributed by atoms with E-state index >= 15 is 0 Å². The summed E-state index contributed by atoms with van der Waals surface area (Å²) in [5, 5.41) is 3.67. The van der Waals surface area contributed by atoms with Crippen molar-refractivity contribution < 1.29 is 0 Å². The molecule has 2 saturated heterocycles. The molecule has 2 aliphatic rings. The molecule has 0 saturated carbocycles. The third-order valence-electron chi connectivity index (χ3n) is 4.68. The monoisotopic (exact) mass is 239 g/mol. The lowest BCUT2D eigenvalue weighted by molar-refractivity contribution is 0.110. The first-order valence-corrected chi connectivity index (χ1v) is 7.30. The molecular weight excluding hydrogens is 210 g/mol. The van der Waals surface area contributed by atoms with Crippen LogP contribution in [0.4, 0.5) is 0 Å². The Labute approximate surface area is 107 Å². The van der Waals surface area contributed by atoms with Crippen LogP contribution in [0.2, 0.25) is 0 Å². The van der Waals surface area contributed by atoms with Crippen LogP contribution in [0, 0.1) is 0 Å². The van der Waals surface area contributed by atoms with E-state index in [4.69, 9.17) is 0 Å². The van der Waals surface area contributed by atoms with Gasteiger partial charge in [0.25, 0.3) is 0 Å². The number of nitrogens with one attached hydrogen (secondary N) is 1. The molecule has 2 fully saturated rings. The first-order chi connectivity index (χ1) is 8.13. The molecule has 0 spiro atoms. The molecule has 3 nitrogen and oxygen atoms in total. The van der Waals surface area contributed by atoms with E-state index in [0.29, 0.717) is 5.54 Å². The van der Waals surface area contributed by atoms with Crippen molar-refractivity contribution in [3.05, 3.63) is 0 Å². The van der Waals surface area contributed by atoms with E-state index in [9.17, 15) is 0 Å². The Hall–Kier alpha value is -0.120. The molecular formula is C14H29N3. The number of piperidine rings is 1. The molecule has 0 bridgehead atoms. The summed E-state index contributed by atoms with van der Waals surface area (Å²) in [4.78, 5) is 5.17. The van der Waals surface area contributed by atoms with Gasteiger partial charge >= 0.3 is 0 Å². The van der Waals surface area contributed by atoms with Crippen LogP contribution in [-0.4, -0.2) is 61.2 Å². The molecule has 2 heterocycles. The fourth-order valence-corrected chi connectivity index (χ4v) is 3.45. The number of hydrogen-bond donors (Lipinski definition) is 1. The lowest BCUT2D eigenvalue weighted by Gasteiger charge is -2.39. The molecule has 2 aliphatic heterocycles. The third kappa shape index (κ3) is 3.43.